The molecule has 1 unspecified atom stereocenters. The van der Waals surface area contributed by atoms with E-state index >= 15 is 0 Å². The van der Waals surface area contributed by atoms with Gasteiger partial charge >= 0.3 is 5.97 Å². The lowest BCUT2D eigenvalue weighted by Crippen LogP contribution is -2.40. The van der Waals surface area contributed by atoms with Crippen LogP contribution in [0.25, 0.3) is 0 Å². The second kappa shape index (κ2) is 5.82. The highest BCUT2D eigenvalue weighted by molar-refractivity contribution is 5.77. The summed E-state index contributed by atoms with van der Waals surface area (Å²) in [4.78, 5) is 13.5. The third kappa shape index (κ3) is 3.10. The molecular weight excluding hydrogens is 244 g/mol. The number of hydrogen-bond donors (Lipinski definition) is 1. The van der Waals surface area contributed by atoms with Crippen LogP contribution in [0.15, 0.2) is 18.2 Å². The Balaban J connectivity index is 2.11. The third-order valence-corrected chi connectivity index (χ3v) is 3.04. The van der Waals surface area contributed by atoms with Gasteiger partial charge in [-0.1, -0.05) is 6.07 Å². The number of benzene rings is 1. The summed E-state index contributed by atoms with van der Waals surface area (Å²) in [6.45, 7) is 5.54. The van der Waals surface area contributed by atoms with E-state index < -0.39 is 0 Å². The number of fused-ring (bicyclic) bond motifs is 1. The van der Waals surface area contributed by atoms with E-state index in [1.165, 1.54) is 0 Å². The van der Waals surface area contributed by atoms with Crippen LogP contribution in [0.3, 0.4) is 0 Å². The molecule has 104 valence electrons. The lowest BCUT2D eigenvalue weighted by molar-refractivity contribution is -0.142. The van der Waals surface area contributed by atoms with E-state index in [0.717, 1.165) is 18.0 Å². The second-order valence-corrected chi connectivity index (χ2v) is 4.62. The van der Waals surface area contributed by atoms with Gasteiger partial charge in [0.1, 0.15) is 17.5 Å². The van der Waals surface area contributed by atoms with Crippen LogP contribution in [-0.4, -0.2) is 31.8 Å². The molecule has 0 saturated heterocycles. The third-order valence-electron chi connectivity index (χ3n) is 3.04. The molecule has 0 saturated carbocycles. The van der Waals surface area contributed by atoms with Gasteiger partial charge in [0, 0.05) is 6.54 Å². The quantitative estimate of drug-likeness (QED) is 0.663. The van der Waals surface area contributed by atoms with Crippen LogP contribution in [0.4, 0.5) is 11.4 Å². The highest BCUT2D eigenvalue weighted by Crippen LogP contribution is 2.38. The topological polar surface area (TPSA) is 64.8 Å². The first kappa shape index (κ1) is 13.5. The molecule has 0 aromatic heterocycles. The molecule has 0 spiro atoms. The van der Waals surface area contributed by atoms with Crippen molar-refractivity contribution >= 4 is 17.3 Å². The Kier molecular flexibility index (Phi) is 4.14. The van der Waals surface area contributed by atoms with Crippen molar-refractivity contribution in [3.05, 3.63) is 18.2 Å². The summed E-state index contributed by atoms with van der Waals surface area (Å²) < 4.78 is 10.7. The van der Waals surface area contributed by atoms with Crippen LogP contribution in [0.5, 0.6) is 5.75 Å². The number of carbonyl (C=O) groups is 1. The molecule has 5 nitrogen and oxygen atoms in total. The van der Waals surface area contributed by atoms with E-state index in [1.807, 2.05) is 32.0 Å². The number of nitrogens with zero attached hydrogens (tertiary/aromatic N) is 1. The molecule has 1 aromatic carbocycles. The summed E-state index contributed by atoms with van der Waals surface area (Å²) in [6.07, 6.45) is 0.436. The summed E-state index contributed by atoms with van der Waals surface area (Å²) in [5.74, 6) is 0.598. The average molecular weight is 264 g/mol. The smallest absolute Gasteiger partial charge is 0.307 e. The van der Waals surface area contributed by atoms with Crippen LogP contribution in [0.1, 0.15) is 20.3 Å². The Labute approximate surface area is 113 Å². The van der Waals surface area contributed by atoms with Gasteiger partial charge in [-0.15, -0.1) is 0 Å². The van der Waals surface area contributed by atoms with Gasteiger partial charge in [0.25, 0.3) is 0 Å². The molecule has 2 rings (SSSR count). The van der Waals surface area contributed by atoms with Crippen molar-refractivity contribution in [2.45, 2.75) is 26.4 Å². The second-order valence-electron chi connectivity index (χ2n) is 4.62. The molecular formula is C14H20N2O3. The zero-order chi connectivity index (χ0) is 13.8. The molecule has 0 radical (unpaired) electrons. The predicted molar refractivity (Wildman–Crippen MR) is 74.4 cm³/mol. The van der Waals surface area contributed by atoms with Crippen molar-refractivity contribution in [1.29, 1.82) is 0 Å². The molecule has 1 aliphatic rings. The van der Waals surface area contributed by atoms with Gasteiger partial charge in [-0.25, -0.2) is 0 Å². The SMILES string of the molecule is CCOC(=O)CCN1CC(C)Oc2cccc(N)c21. The number of carbonyl (C=O) groups excluding carboxylic acids is 1. The van der Waals surface area contributed by atoms with Crippen molar-refractivity contribution in [2.75, 3.05) is 30.3 Å². The van der Waals surface area contributed by atoms with Crippen LogP contribution in [0, 0.1) is 0 Å². The fourth-order valence-electron chi connectivity index (χ4n) is 2.29. The highest BCUT2D eigenvalue weighted by atomic mass is 16.5. The van der Waals surface area contributed by atoms with Crippen molar-refractivity contribution in [1.82, 2.24) is 0 Å². The molecule has 1 aromatic rings. The Bertz CT molecular complexity index is 462. The first-order valence-corrected chi connectivity index (χ1v) is 6.57. The van der Waals surface area contributed by atoms with Crippen LogP contribution in [-0.2, 0) is 9.53 Å². The van der Waals surface area contributed by atoms with Crippen LogP contribution in [0.2, 0.25) is 0 Å². The summed E-state index contributed by atoms with van der Waals surface area (Å²) in [5, 5.41) is 0. The minimum absolute atomic E-state index is 0.0801. The number of rotatable bonds is 4. The lowest BCUT2D eigenvalue weighted by Gasteiger charge is -2.35. The van der Waals surface area contributed by atoms with Crippen LogP contribution >= 0.6 is 0 Å². The lowest BCUT2D eigenvalue weighted by atomic mass is 10.1. The standard InChI is InChI=1S/C14H20N2O3/c1-3-18-13(17)7-8-16-9-10(2)19-12-6-4-5-11(15)14(12)16/h4-6,10H,3,7-9,15H2,1-2H3. The summed E-state index contributed by atoms with van der Waals surface area (Å²) in [7, 11) is 0. The minimum Gasteiger partial charge on any atom is -0.487 e. The molecule has 19 heavy (non-hydrogen) atoms. The maximum absolute atomic E-state index is 11.5. The fourth-order valence-corrected chi connectivity index (χ4v) is 2.29. The Morgan fingerprint density at radius 1 is 1.58 bits per heavy atom. The van der Waals surface area contributed by atoms with Gasteiger partial charge in [0.05, 0.1) is 25.3 Å². The first-order valence-electron chi connectivity index (χ1n) is 6.57. The van der Waals surface area contributed by atoms with Crippen LogP contribution < -0.4 is 15.4 Å². The molecule has 1 aliphatic heterocycles. The van der Waals surface area contributed by atoms with Crippen molar-refractivity contribution in [3.63, 3.8) is 0 Å². The van der Waals surface area contributed by atoms with Gasteiger partial charge in [-0.05, 0) is 26.0 Å². The molecule has 5 heteroatoms. The Morgan fingerprint density at radius 3 is 3.11 bits per heavy atom. The normalized spacial score (nSPS) is 17.6. The Morgan fingerprint density at radius 2 is 2.37 bits per heavy atom. The van der Waals surface area contributed by atoms with E-state index in [9.17, 15) is 4.79 Å². The van der Waals surface area contributed by atoms with Crippen molar-refractivity contribution < 1.29 is 14.3 Å². The number of esters is 1. The van der Waals surface area contributed by atoms with E-state index in [1.54, 1.807) is 0 Å². The van der Waals surface area contributed by atoms with Crippen molar-refractivity contribution in [2.24, 2.45) is 0 Å². The predicted octanol–water partition coefficient (Wildman–Crippen LogP) is 1.81. The van der Waals surface area contributed by atoms with Gasteiger partial charge in [0.15, 0.2) is 0 Å². The number of para-hydroxylation sites is 1. The van der Waals surface area contributed by atoms with E-state index in [4.69, 9.17) is 15.2 Å². The van der Waals surface area contributed by atoms with Crippen molar-refractivity contribution in [3.8, 4) is 5.75 Å². The van der Waals surface area contributed by atoms with Gasteiger partial charge < -0.3 is 20.1 Å². The van der Waals surface area contributed by atoms with Gasteiger partial charge in [-0.3, -0.25) is 4.79 Å². The molecule has 2 N–H and O–H groups in total. The molecule has 1 atom stereocenters. The fraction of sp³-hybridized carbons (Fsp3) is 0.500. The minimum atomic E-state index is -0.183. The van der Waals surface area contributed by atoms with E-state index in [-0.39, 0.29) is 12.1 Å². The summed E-state index contributed by atoms with van der Waals surface area (Å²) in [6, 6.07) is 5.62. The van der Waals surface area contributed by atoms with Gasteiger partial charge in [0.2, 0.25) is 0 Å². The Hall–Kier alpha value is -1.91. The van der Waals surface area contributed by atoms with E-state index in [2.05, 4.69) is 4.90 Å². The monoisotopic (exact) mass is 264 g/mol. The summed E-state index contributed by atoms with van der Waals surface area (Å²) in [5.41, 5.74) is 7.56. The molecule has 0 fully saturated rings. The van der Waals surface area contributed by atoms with Gasteiger partial charge in [-0.2, -0.15) is 0 Å². The number of anilines is 2. The number of ether oxygens (including phenoxy) is 2. The molecule has 1 heterocycles. The zero-order valence-electron chi connectivity index (χ0n) is 11.4. The molecule has 0 amide bonds. The maximum atomic E-state index is 11.5. The number of nitrogens with two attached hydrogens (primary N) is 1. The largest absolute Gasteiger partial charge is 0.487 e. The van der Waals surface area contributed by atoms with E-state index in [0.29, 0.717) is 25.3 Å². The first-order chi connectivity index (χ1) is 9.11. The number of nitrogen functional groups attached to an aromatic ring is 1. The maximum Gasteiger partial charge on any atom is 0.307 e. The highest BCUT2D eigenvalue weighted by Gasteiger charge is 2.25. The molecule has 0 aliphatic carbocycles. The number of hydrogen-bond acceptors (Lipinski definition) is 5. The average Bonchev–Trinajstić information content (AvgIpc) is 2.36. The molecule has 0 bridgehead atoms. The summed E-state index contributed by atoms with van der Waals surface area (Å²) >= 11 is 0. The zero-order valence-corrected chi connectivity index (χ0v) is 11.4.